The molecule has 10 nitrogen and oxygen atoms in total. The molecule has 150 valence electrons. The summed E-state index contributed by atoms with van der Waals surface area (Å²) in [6.45, 7) is 1.63. The number of carbonyl (C=O) groups is 1. The topological polar surface area (TPSA) is 111 Å². The first kappa shape index (κ1) is 18.8. The van der Waals surface area contributed by atoms with Gasteiger partial charge in [0.2, 0.25) is 15.9 Å². The Morgan fingerprint density at radius 2 is 2.04 bits per heavy atom. The first-order chi connectivity index (χ1) is 13.2. The lowest BCUT2D eigenvalue weighted by molar-refractivity contribution is 0.00411. The van der Waals surface area contributed by atoms with Crippen molar-refractivity contribution in [3.63, 3.8) is 0 Å². The minimum Gasteiger partial charge on any atom is -0.481 e. The Morgan fingerprint density at radius 1 is 1.29 bits per heavy atom. The monoisotopic (exact) mass is 406 g/mol. The van der Waals surface area contributed by atoms with Crippen molar-refractivity contribution in [2.45, 2.75) is 5.92 Å². The summed E-state index contributed by atoms with van der Waals surface area (Å²) in [5.41, 5.74) is 0.114. The first-order valence-corrected chi connectivity index (χ1v) is 10.7. The Hall–Kier alpha value is -2.53. The first-order valence-electron chi connectivity index (χ1n) is 8.82. The molecule has 0 N–H and O–H groups in total. The van der Waals surface area contributed by atoms with E-state index in [1.165, 1.54) is 23.9 Å². The number of ether oxygens (including phenoxy) is 1. The second-order valence-electron chi connectivity index (χ2n) is 7.52. The Morgan fingerprint density at radius 3 is 2.57 bits per heavy atom. The van der Waals surface area contributed by atoms with Gasteiger partial charge in [0.05, 0.1) is 18.9 Å². The normalized spacial score (nSPS) is 21.7. The second kappa shape index (κ2) is 6.52. The molecular formula is C17H22N6O4S. The van der Waals surface area contributed by atoms with Crippen LogP contribution in [-0.4, -0.2) is 82.8 Å². The smallest absolute Gasteiger partial charge is 0.255 e. The third-order valence-electron chi connectivity index (χ3n) is 5.63. The number of aryl methyl sites for hydroxylation is 1. The molecule has 0 radical (unpaired) electrons. The Kier molecular flexibility index (Phi) is 4.38. The largest absolute Gasteiger partial charge is 0.481 e. The molecule has 2 aliphatic heterocycles. The van der Waals surface area contributed by atoms with Crippen LogP contribution in [0.15, 0.2) is 24.7 Å². The quantitative estimate of drug-likeness (QED) is 0.687. The van der Waals surface area contributed by atoms with Gasteiger partial charge in [-0.2, -0.15) is 0 Å². The maximum atomic E-state index is 12.8. The zero-order valence-electron chi connectivity index (χ0n) is 15.9. The van der Waals surface area contributed by atoms with E-state index in [2.05, 4.69) is 15.2 Å². The minimum atomic E-state index is -3.34. The summed E-state index contributed by atoms with van der Waals surface area (Å²) in [7, 11) is 0.0254. The number of nitrogens with zero attached hydrogens (tertiary/aromatic N) is 6. The van der Waals surface area contributed by atoms with Crippen LogP contribution in [0.25, 0.3) is 0 Å². The molecule has 28 heavy (non-hydrogen) atoms. The van der Waals surface area contributed by atoms with E-state index in [4.69, 9.17) is 4.74 Å². The molecule has 0 aromatic carbocycles. The third kappa shape index (κ3) is 3.04. The number of likely N-dealkylation sites (tertiary alicyclic amines) is 1. The highest BCUT2D eigenvalue weighted by Crippen LogP contribution is 2.49. The molecule has 4 heterocycles. The van der Waals surface area contributed by atoms with Crippen LogP contribution in [0.1, 0.15) is 22.1 Å². The van der Waals surface area contributed by atoms with Gasteiger partial charge in [-0.1, -0.05) is 0 Å². The second-order valence-corrected chi connectivity index (χ2v) is 9.50. The average molecular weight is 406 g/mol. The number of pyridine rings is 1. The van der Waals surface area contributed by atoms with Crippen LogP contribution in [0.5, 0.6) is 5.88 Å². The van der Waals surface area contributed by atoms with Crippen molar-refractivity contribution < 1.29 is 17.9 Å². The number of methoxy groups -OCH3 is 1. The number of amides is 1. The molecule has 4 rings (SSSR count). The van der Waals surface area contributed by atoms with Gasteiger partial charge in [0.1, 0.15) is 12.2 Å². The Bertz CT molecular complexity index is 997. The molecule has 0 bridgehead atoms. The molecule has 2 fully saturated rings. The van der Waals surface area contributed by atoms with Crippen molar-refractivity contribution in [3.8, 4) is 5.88 Å². The fourth-order valence-corrected chi connectivity index (χ4v) is 5.04. The summed E-state index contributed by atoms with van der Waals surface area (Å²) in [5.74, 6) is 0.936. The molecule has 1 amide bonds. The molecule has 0 saturated carbocycles. The number of hydrogen-bond acceptors (Lipinski definition) is 7. The number of sulfonamides is 1. The standard InChI is InChI=1S/C17H22N6O4S/c1-21-11-19-20-15(21)13-7-23(28(3,25)26)10-17(13)8-22(9-17)16(24)12-4-5-14(27-2)18-6-12/h4-6,11,13H,7-10H2,1-3H3. The van der Waals surface area contributed by atoms with Crippen LogP contribution in [0.2, 0.25) is 0 Å². The van der Waals surface area contributed by atoms with E-state index >= 15 is 0 Å². The SMILES string of the molecule is COc1ccc(C(=O)N2CC3(C2)CN(S(C)(=O)=O)CC3c2nncn2C)cn1. The van der Waals surface area contributed by atoms with E-state index in [1.54, 1.807) is 23.4 Å². The summed E-state index contributed by atoms with van der Waals surface area (Å²) < 4.78 is 32.6. The molecule has 1 atom stereocenters. The van der Waals surface area contributed by atoms with Crippen molar-refractivity contribution in [1.82, 2.24) is 29.0 Å². The minimum absolute atomic E-state index is 0.118. The molecule has 2 aromatic heterocycles. The fourth-order valence-electron chi connectivity index (χ4n) is 4.13. The molecule has 1 spiro atoms. The number of aromatic nitrogens is 4. The van der Waals surface area contributed by atoms with Crippen LogP contribution >= 0.6 is 0 Å². The van der Waals surface area contributed by atoms with Crippen molar-refractivity contribution in [2.24, 2.45) is 12.5 Å². The highest BCUT2D eigenvalue weighted by molar-refractivity contribution is 7.88. The predicted octanol–water partition coefficient (Wildman–Crippen LogP) is -0.280. The van der Waals surface area contributed by atoms with Crippen molar-refractivity contribution >= 4 is 15.9 Å². The third-order valence-corrected chi connectivity index (χ3v) is 6.85. The van der Waals surface area contributed by atoms with Crippen LogP contribution in [0, 0.1) is 5.41 Å². The van der Waals surface area contributed by atoms with Gasteiger partial charge in [0.15, 0.2) is 0 Å². The van der Waals surface area contributed by atoms with Gasteiger partial charge in [-0.05, 0) is 6.07 Å². The molecule has 11 heteroatoms. The van der Waals surface area contributed by atoms with E-state index < -0.39 is 10.0 Å². The van der Waals surface area contributed by atoms with Crippen LogP contribution < -0.4 is 4.74 Å². The van der Waals surface area contributed by atoms with Crippen molar-refractivity contribution in [1.29, 1.82) is 0 Å². The Balaban J connectivity index is 1.56. The van der Waals surface area contributed by atoms with Crippen LogP contribution in [0.4, 0.5) is 0 Å². The molecule has 2 aromatic rings. The summed E-state index contributed by atoms with van der Waals surface area (Å²) in [6, 6.07) is 3.32. The molecule has 1 unspecified atom stereocenters. The van der Waals surface area contributed by atoms with Gasteiger partial charge in [0.25, 0.3) is 5.91 Å². The lowest BCUT2D eigenvalue weighted by atomic mass is 9.71. The van der Waals surface area contributed by atoms with E-state index in [0.29, 0.717) is 37.6 Å². The fraction of sp³-hybridized carbons (Fsp3) is 0.529. The Labute approximate surface area is 163 Å². The summed E-state index contributed by atoms with van der Waals surface area (Å²) >= 11 is 0. The van der Waals surface area contributed by atoms with Crippen molar-refractivity contribution in [2.75, 3.05) is 39.5 Å². The van der Waals surface area contributed by atoms with Crippen LogP contribution in [0.3, 0.4) is 0 Å². The van der Waals surface area contributed by atoms with Gasteiger partial charge in [0, 0.05) is 56.8 Å². The van der Waals surface area contributed by atoms with Gasteiger partial charge in [-0.15, -0.1) is 10.2 Å². The lowest BCUT2D eigenvalue weighted by Gasteiger charge is -2.50. The summed E-state index contributed by atoms with van der Waals surface area (Å²) in [5, 5.41) is 8.14. The van der Waals surface area contributed by atoms with E-state index in [9.17, 15) is 13.2 Å². The van der Waals surface area contributed by atoms with Crippen molar-refractivity contribution in [3.05, 3.63) is 36.0 Å². The van der Waals surface area contributed by atoms with Gasteiger partial charge >= 0.3 is 0 Å². The van der Waals surface area contributed by atoms with E-state index in [1.807, 2.05) is 11.6 Å². The zero-order chi connectivity index (χ0) is 20.1. The highest BCUT2D eigenvalue weighted by Gasteiger charge is 2.58. The zero-order valence-corrected chi connectivity index (χ0v) is 16.8. The highest BCUT2D eigenvalue weighted by atomic mass is 32.2. The molecular weight excluding hydrogens is 384 g/mol. The maximum absolute atomic E-state index is 12.8. The van der Waals surface area contributed by atoms with E-state index in [-0.39, 0.29) is 17.2 Å². The molecule has 2 saturated heterocycles. The predicted molar refractivity (Wildman–Crippen MR) is 99.3 cm³/mol. The number of hydrogen-bond donors (Lipinski definition) is 0. The van der Waals surface area contributed by atoms with Gasteiger partial charge < -0.3 is 14.2 Å². The van der Waals surface area contributed by atoms with Gasteiger partial charge in [-0.3, -0.25) is 4.79 Å². The maximum Gasteiger partial charge on any atom is 0.255 e. The molecule has 0 aliphatic carbocycles. The lowest BCUT2D eigenvalue weighted by Crippen LogP contribution is -2.61. The summed E-state index contributed by atoms with van der Waals surface area (Å²) in [6.07, 6.45) is 4.31. The molecule has 2 aliphatic rings. The number of rotatable bonds is 4. The van der Waals surface area contributed by atoms with Crippen LogP contribution in [-0.2, 0) is 17.1 Å². The number of carbonyl (C=O) groups excluding carboxylic acids is 1. The summed E-state index contributed by atoms with van der Waals surface area (Å²) in [4.78, 5) is 18.6. The van der Waals surface area contributed by atoms with E-state index in [0.717, 1.165) is 5.82 Å². The average Bonchev–Trinajstić information content (AvgIpc) is 3.23. The van der Waals surface area contributed by atoms with Gasteiger partial charge in [-0.25, -0.2) is 17.7 Å².